The first kappa shape index (κ1) is 27.0. The highest BCUT2D eigenvalue weighted by atomic mass is 19.4. The zero-order chi connectivity index (χ0) is 27.7. The highest BCUT2D eigenvalue weighted by molar-refractivity contribution is 5.91. The molecule has 2 aromatic heterocycles. The molecule has 1 N–H and O–H groups in total. The Bertz CT molecular complexity index is 1330. The number of aromatic nitrogens is 3. The molecule has 2 amide bonds. The number of anilines is 2. The summed E-state index contributed by atoms with van der Waals surface area (Å²) in [6, 6.07) is 11.3. The normalized spacial score (nSPS) is 18.1. The van der Waals surface area contributed by atoms with E-state index in [1.54, 1.807) is 0 Å². The van der Waals surface area contributed by atoms with E-state index in [4.69, 9.17) is 9.72 Å². The predicted octanol–water partition coefficient (Wildman–Crippen LogP) is 5.41. The molecule has 2 aliphatic heterocycles. The second-order valence-electron chi connectivity index (χ2n) is 10.4. The van der Waals surface area contributed by atoms with E-state index in [0.717, 1.165) is 52.7 Å². The molecule has 0 unspecified atom stereocenters. The lowest BCUT2D eigenvalue weighted by molar-refractivity contribution is -0.143. The maximum Gasteiger partial charge on any atom is 0.389 e. The van der Waals surface area contributed by atoms with E-state index in [1.807, 2.05) is 62.0 Å². The number of urea groups is 1. The molecule has 0 bridgehead atoms. The Morgan fingerprint density at radius 2 is 1.85 bits per heavy atom. The summed E-state index contributed by atoms with van der Waals surface area (Å²) in [5.41, 5.74) is 6.00. The fourth-order valence-electron chi connectivity index (χ4n) is 5.17. The van der Waals surface area contributed by atoms with Gasteiger partial charge in [0.05, 0.1) is 18.9 Å². The molecule has 0 saturated carbocycles. The van der Waals surface area contributed by atoms with E-state index >= 15 is 0 Å². The topological polar surface area (TPSA) is 75.5 Å². The monoisotopic (exact) mass is 542 g/mol. The molecule has 39 heavy (non-hydrogen) atoms. The number of morpholine rings is 1. The number of amides is 2. The van der Waals surface area contributed by atoms with Crippen LogP contribution in [0, 0.1) is 19.8 Å². The van der Waals surface area contributed by atoms with Crippen LogP contribution in [0.5, 0.6) is 0 Å². The van der Waals surface area contributed by atoms with Crippen LogP contribution in [0.25, 0.3) is 22.5 Å². The second-order valence-corrected chi connectivity index (χ2v) is 10.4. The summed E-state index contributed by atoms with van der Waals surface area (Å²) >= 11 is 0. The smallest absolute Gasteiger partial charge is 0.378 e. The molecule has 3 aromatic rings. The third kappa shape index (κ3) is 6.35. The number of nitrogens with one attached hydrogen (secondary N) is 1. The van der Waals surface area contributed by atoms with Crippen molar-refractivity contribution >= 4 is 17.5 Å². The lowest BCUT2D eigenvalue weighted by Gasteiger charge is -2.28. The van der Waals surface area contributed by atoms with Gasteiger partial charge >= 0.3 is 12.2 Å². The Labute approximate surface area is 225 Å². The molecule has 0 spiro atoms. The summed E-state index contributed by atoms with van der Waals surface area (Å²) in [4.78, 5) is 21.5. The van der Waals surface area contributed by atoms with Gasteiger partial charge in [-0.3, -0.25) is 4.68 Å². The van der Waals surface area contributed by atoms with Gasteiger partial charge in [0.2, 0.25) is 0 Å². The molecule has 1 atom stereocenters. The number of carbonyl (C=O) groups excluding carboxylic acids is 1. The molecule has 2 saturated heterocycles. The van der Waals surface area contributed by atoms with Crippen molar-refractivity contribution in [2.75, 3.05) is 49.6 Å². The average molecular weight is 543 g/mol. The maximum absolute atomic E-state index is 12.9. The van der Waals surface area contributed by atoms with Crippen molar-refractivity contribution in [3.63, 3.8) is 0 Å². The molecular weight excluding hydrogens is 509 g/mol. The quantitative estimate of drug-likeness (QED) is 0.467. The van der Waals surface area contributed by atoms with Crippen LogP contribution < -0.4 is 10.2 Å². The SMILES string of the molecule is Cc1ccc(NC(=O)N2CC[C@@H](CC(F)(F)F)C2)cc1-c1cc(-c2cc(C)n(C)n2)nc(N2CCOCC2)c1. The van der Waals surface area contributed by atoms with Crippen molar-refractivity contribution in [3.8, 4) is 22.5 Å². The number of pyridine rings is 1. The molecular formula is C28H33F3N6O2. The highest BCUT2D eigenvalue weighted by Gasteiger charge is 2.36. The van der Waals surface area contributed by atoms with Gasteiger partial charge in [0.1, 0.15) is 11.5 Å². The van der Waals surface area contributed by atoms with Gasteiger partial charge < -0.3 is 19.9 Å². The van der Waals surface area contributed by atoms with Gasteiger partial charge in [0.25, 0.3) is 0 Å². The third-order valence-electron chi connectivity index (χ3n) is 7.42. The molecule has 2 aliphatic rings. The van der Waals surface area contributed by atoms with Crippen molar-refractivity contribution in [1.82, 2.24) is 19.7 Å². The molecule has 0 radical (unpaired) electrons. The number of aryl methyl sites for hydroxylation is 3. The van der Waals surface area contributed by atoms with Crippen molar-refractivity contribution < 1.29 is 22.7 Å². The van der Waals surface area contributed by atoms with Gasteiger partial charge in [-0.25, -0.2) is 9.78 Å². The molecule has 0 aliphatic carbocycles. The lowest BCUT2D eigenvalue weighted by atomic mass is 9.99. The van der Waals surface area contributed by atoms with Gasteiger partial charge in [-0.15, -0.1) is 0 Å². The van der Waals surface area contributed by atoms with Crippen LogP contribution in [0.4, 0.5) is 29.5 Å². The predicted molar refractivity (Wildman–Crippen MR) is 144 cm³/mol. The minimum absolute atomic E-state index is 0.101. The number of benzene rings is 1. The number of ether oxygens (including phenoxy) is 1. The number of alkyl halides is 3. The Kier molecular flexibility index (Phi) is 7.53. The van der Waals surface area contributed by atoms with Gasteiger partial charge in [-0.05, 0) is 73.2 Å². The summed E-state index contributed by atoms with van der Waals surface area (Å²) in [7, 11) is 1.90. The van der Waals surface area contributed by atoms with Crippen LogP contribution in [0.15, 0.2) is 36.4 Å². The number of halogens is 3. The molecule has 11 heteroatoms. The van der Waals surface area contributed by atoms with Crippen LogP contribution in [-0.2, 0) is 11.8 Å². The Hall–Kier alpha value is -3.60. The summed E-state index contributed by atoms with van der Waals surface area (Å²) < 4.78 is 45.7. The van der Waals surface area contributed by atoms with Gasteiger partial charge in [0.15, 0.2) is 0 Å². The Morgan fingerprint density at radius 3 is 2.54 bits per heavy atom. The molecule has 5 rings (SSSR count). The van der Waals surface area contributed by atoms with Crippen molar-refractivity contribution in [2.24, 2.45) is 13.0 Å². The van der Waals surface area contributed by atoms with Gasteiger partial charge in [-0.2, -0.15) is 18.3 Å². The van der Waals surface area contributed by atoms with Crippen LogP contribution in [-0.4, -0.2) is 71.3 Å². The molecule has 1 aromatic carbocycles. The van der Waals surface area contributed by atoms with E-state index < -0.39 is 18.5 Å². The largest absolute Gasteiger partial charge is 0.389 e. The van der Waals surface area contributed by atoms with E-state index in [0.29, 0.717) is 31.9 Å². The number of nitrogens with zero attached hydrogens (tertiary/aromatic N) is 5. The number of hydrogen-bond donors (Lipinski definition) is 1. The van der Waals surface area contributed by atoms with Crippen molar-refractivity contribution in [3.05, 3.63) is 47.7 Å². The number of likely N-dealkylation sites (tertiary alicyclic amines) is 1. The first-order chi connectivity index (χ1) is 18.6. The molecule has 2 fully saturated rings. The first-order valence-corrected chi connectivity index (χ1v) is 13.2. The van der Waals surface area contributed by atoms with Crippen molar-refractivity contribution in [1.29, 1.82) is 0 Å². The second kappa shape index (κ2) is 10.9. The zero-order valence-corrected chi connectivity index (χ0v) is 22.4. The van der Waals surface area contributed by atoms with Gasteiger partial charge in [-0.1, -0.05) is 6.07 Å². The first-order valence-electron chi connectivity index (χ1n) is 13.2. The maximum atomic E-state index is 12.9. The Morgan fingerprint density at radius 1 is 1.08 bits per heavy atom. The van der Waals surface area contributed by atoms with Crippen LogP contribution in [0.2, 0.25) is 0 Å². The minimum Gasteiger partial charge on any atom is -0.378 e. The summed E-state index contributed by atoms with van der Waals surface area (Å²) in [5.74, 6) is 0.268. The van der Waals surface area contributed by atoms with Crippen LogP contribution in [0.3, 0.4) is 0 Å². The molecule has 208 valence electrons. The zero-order valence-electron chi connectivity index (χ0n) is 22.4. The summed E-state index contributed by atoms with van der Waals surface area (Å²) in [5, 5.41) is 7.52. The fraction of sp³-hybridized carbons (Fsp3) is 0.464. The lowest BCUT2D eigenvalue weighted by Crippen LogP contribution is -2.36. The molecule has 4 heterocycles. The third-order valence-corrected chi connectivity index (χ3v) is 7.42. The van der Waals surface area contributed by atoms with Crippen LogP contribution >= 0.6 is 0 Å². The standard InChI is InChI=1S/C28H33F3N6O2/c1-18-4-5-22(32-27(38)37-7-6-20(17-37)16-28(29,30)31)15-23(18)21-13-24(25-12-19(2)35(3)34-25)33-26(14-21)36-8-10-39-11-9-36/h4-5,12-15,20H,6-11,16-17H2,1-3H3,(H,32,38)/t20-/m0/s1. The average Bonchev–Trinajstić information content (AvgIpc) is 3.50. The van der Waals surface area contributed by atoms with E-state index in [9.17, 15) is 18.0 Å². The summed E-state index contributed by atoms with van der Waals surface area (Å²) in [6.07, 6.45) is -4.74. The van der Waals surface area contributed by atoms with E-state index in [2.05, 4.69) is 15.3 Å². The van der Waals surface area contributed by atoms with Gasteiger partial charge in [0, 0.05) is 51.0 Å². The highest BCUT2D eigenvalue weighted by Crippen LogP contribution is 2.34. The van der Waals surface area contributed by atoms with Crippen molar-refractivity contribution in [2.45, 2.75) is 32.9 Å². The fourth-order valence-corrected chi connectivity index (χ4v) is 5.17. The molecule has 8 nitrogen and oxygen atoms in total. The minimum atomic E-state index is -4.22. The number of rotatable bonds is 5. The summed E-state index contributed by atoms with van der Waals surface area (Å²) in [6.45, 7) is 7.13. The number of hydrogen-bond acceptors (Lipinski definition) is 5. The Balaban J connectivity index is 1.42. The number of carbonyl (C=O) groups is 1. The van der Waals surface area contributed by atoms with Crippen LogP contribution in [0.1, 0.15) is 24.1 Å². The van der Waals surface area contributed by atoms with E-state index in [1.165, 1.54) is 4.90 Å². The van der Waals surface area contributed by atoms with E-state index in [-0.39, 0.29) is 12.6 Å².